The first-order valence-electron chi connectivity index (χ1n) is 7.46. The van der Waals surface area contributed by atoms with Crippen LogP contribution in [0.3, 0.4) is 0 Å². The van der Waals surface area contributed by atoms with Crippen molar-refractivity contribution in [2.24, 2.45) is 5.92 Å². The van der Waals surface area contributed by atoms with Gasteiger partial charge in [-0.1, -0.05) is 24.4 Å². The molecule has 2 fully saturated rings. The highest BCUT2D eigenvalue weighted by Gasteiger charge is 2.33. The number of hydrogen-bond donors (Lipinski definition) is 0. The zero-order valence-corrected chi connectivity index (χ0v) is 12.4. The van der Waals surface area contributed by atoms with Crippen LogP contribution in [0, 0.1) is 12.8 Å². The summed E-state index contributed by atoms with van der Waals surface area (Å²) in [6.45, 7) is 4.04. The van der Waals surface area contributed by atoms with Gasteiger partial charge in [0.15, 0.2) is 0 Å². The Morgan fingerprint density at radius 2 is 2.00 bits per heavy atom. The van der Waals surface area contributed by atoms with E-state index in [2.05, 4.69) is 14.9 Å². The van der Waals surface area contributed by atoms with Gasteiger partial charge in [0.1, 0.15) is 11.0 Å². The van der Waals surface area contributed by atoms with Crippen molar-refractivity contribution in [1.29, 1.82) is 0 Å². The Bertz CT molecular complexity index is 427. The summed E-state index contributed by atoms with van der Waals surface area (Å²) >= 11 is 6.04. The molecule has 1 saturated heterocycles. The first-order chi connectivity index (χ1) is 9.22. The molecule has 0 aromatic carbocycles. The number of fused-ring (bicyclic) bond motifs is 1. The zero-order valence-electron chi connectivity index (χ0n) is 11.6. The minimum atomic E-state index is 0.569. The summed E-state index contributed by atoms with van der Waals surface area (Å²) in [5.41, 5.74) is 0.965. The van der Waals surface area contributed by atoms with Crippen molar-refractivity contribution in [3.8, 4) is 0 Å². The van der Waals surface area contributed by atoms with Crippen molar-refractivity contribution >= 4 is 11.6 Å². The number of aryl methyl sites for hydroxylation is 1. The van der Waals surface area contributed by atoms with Crippen LogP contribution in [-0.2, 0) is 6.54 Å². The molecule has 0 amide bonds. The summed E-state index contributed by atoms with van der Waals surface area (Å²) < 4.78 is 0. The fourth-order valence-electron chi connectivity index (χ4n) is 3.77. The minimum Gasteiger partial charge on any atom is -0.293 e. The van der Waals surface area contributed by atoms with E-state index in [1.54, 1.807) is 0 Å². The number of likely N-dealkylation sites (tertiary alicyclic amines) is 1. The Labute approximate surface area is 120 Å². The van der Waals surface area contributed by atoms with Gasteiger partial charge in [-0.25, -0.2) is 9.97 Å². The third-order valence-corrected chi connectivity index (χ3v) is 4.77. The van der Waals surface area contributed by atoms with Crippen LogP contribution in [0.15, 0.2) is 6.07 Å². The SMILES string of the molecule is Cc1cc(Cl)nc(CN2CCC[C@H]3CCCC[C@H]32)n1. The number of nitrogens with zero attached hydrogens (tertiary/aromatic N) is 3. The number of halogens is 1. The number of piperidine rings is 1. The quantitative estimate of drug-likeness (QED) is 0.775. The van der Waals surface area contributed by atoms with E-state index in [-0.39, 0.29) is 0 Å². The van der Waals surface area contributed by atoms with E-state index in [1.165, 1.54) is 45.1 Å². The number of rotatable bonds is 2. The van der Waals surface area contributed by atoms with Crippen molar-refractivity contribution in [2.75, 3.05) is 6.54 Å². The van der Waals surface area contributed by atoms with E-state index in [0.717, 1.165) is 30.0 Å². The summed E-state index contributed by atoms with van der Waals surface area (Å²) in [4.78, 5) is 11.5. The molecule has 1 aromatic rings. The van der Waals surface area contributed by atoms with Crippen LogP contribution in [-0.4, -0.2) is 27.5 Å². The summed E-state index contributed by atoms with van der Waals surface area (Å²) in [5.74, 6) is 1.79. The average molecular weight is 280 g/mol. The van der Waals surface area contributed by atoms with Crippen LogP contribution >= 0.6 is 11.6 Å². The lowest BCUT2D eigenvalue weighted by Crippen LogP contribution is -2.46. The normalized spacial score (nSPS) is 28.1. The van der Waals surface area contributed by atoms with Crippen molar-refractivity contribution in [3.63, 3.8) is 0 Å². The molecule has 2 heterocycles. The van der Waals surface area contributed by atoms with Gasteiger partial charge in [-0.15, -0.1) is 0 Å². The molecule has 0 radical (unpaired) electrons. The summed E-state index contributed by atoms with van der Waals surface area (Å²) in [6.07, 6.45) is 8.30. The zero-order chi connectivity index (χ0) is 13.2. The molecule has 0 spiro atoms. The molecule has 1 saturated carbocycles. The van der Waals surface area contributed by atoms with Gasteiger partial charge in [-0.05, 0) is 51.1 Å². The second kappa shape index (κ2) is 5.76. The summed E-state index contributed by atoms with van der Waals surface area (Å²) in [5, 5.41) is 0.569. The molecule has 1 aromatic heterocycles. The van der Waals surface area contributed by atoms with Gasteiger partial charge in [0.2, 0.25) is 0 Å². The largest absolute Gasteiger partial charge is 0.293 e. The van der Waals surface area contributed by atoms with Crippen LogP contribution < -0.4 is 0 Å². The van der Waals surface area contributed by atoms with Crippen LogP contribution in [0.5, 0.6) is 0 Å². The molecule has 4 heteroatoms. The Kier molecular flexibility index (Phi) is 4.04. The van der Waals surface area contributed by atoms with Gasteiger partial charge in [-0.2, -0.15) is 0 Å². The van der Waals surface area contributed by atoms with E-state index in [1.807, 2.05) is 13.0 Å². The second-order valence-electron chi connectivity index (χ2n) is 5.97. The van der Waals surface area contributed by atoms with Gasteiger partial charge in [0.05, 0.1) is 6.54 Å². The first-order valence-corrected chi connectivity index (χ1v) is 7.84. The lowest BCUT2D eigenvalue weighted by Gasteiger charge is -2.43. The van der Waals surface area contributed by atoms with Crippen LogP contribution in [0.2, 0.25) is 5.15 Å². The van der Waals surface area contributed by atoms with Crippen molar-refractivity contribution in [2.45, 2.75) is 58.0 Å². The van der Waals surface area contributed by atoms with E-state index in [0.29, 0.717) is 5.15 Å². The maximum atomic E-state index is 6.04. The average Bonchev–Trinajstić information content (AvgIpc) is 2.38. The highest BCUT2D eigenvalue weighted by molar-refractivity contribution is 6.29. The minimum absolute atomic E-state index is 0.569. The smallest absolute Gasteiger partial charge is 0.144 e. The van der Waals surface area contributed by atoms with Crippen LogP contribution in [0.25, 0.3) is 0 Å². The van der Waals surface area contributed by atoms with Gasteiger partial charge >= 0.3 is 0 Å². The second-order valence-corrected chi connectivity index (χ2v) is 6.36. The summed E-state index contributed by atoms with van der Waals surface area (Å²) in [6, 6.07) is 2.58. The predicted molar refractivity (Wildman–Crippen MR) is 77.2 cm³/mol. The van der Waals surface area contributed by atoms with E-state index >= 15 is 0 Å². The maximum absolute atomic E-state index is 6.04. The number of aromatic nitrogens is 2. The summed E-state index contributed by atoms with van der Waals surface area (Å²) in [7, 11) is 0. The lowest BCUT2D eigenvalue weighted by atomic mass is 9.78. The van der Waals surface area contributed by atoms with Crippen molar-refractivity contribution in [1.82, 2.24) is 14.9 Å². The Hall–Kier alpha value is -0.670. The molecular weight excluding hydrogens is 258 g/mol. The molecule has 19 heavy (non-hydrogen) atoms. The molecule has 3 nitrogen and oxygen atoms in total. The highest BCUT2D eigenvalue weighted by atomic mass is 35.5. The molecule has 3 rings (SSSR count). The fraction of sp³-hybridized carbons (Fsp3) is 0.733. The molecule has 2 aliphatic rings. The molecule has 1 aliphatic heterocycles. The van der Waals surface area contributed by atoms with Crippen molar-refractivity contribution < 1.29 is 0 Å². The molecule has 0 N–H and O–H groups in total. The Morgan fingerprint density at radius 3 is 2.84 bits per heavy atom. The Balaban J connectivity index is 1.74. The van der Waals surface area contributed by atoms with Crippen LogP contribution in [0.4, 0.5) is 0 Å². The van der Waals surface area contributed by atoms with Gasteiger partial charge < -0.3 is 0 Å². The van der Waals surface area contributed by atoms with E-state index in [4.69, 9.17) is 11.6 Å². The monoisotopic (exact) mass is 279 g/mol. The molecular formula is C15H22ClN3. The lowest BCUT2D eigenvalue weighted by molar-refractivity contribution is 0.0526. The molecule has 104 valence electrons. The van der Waals surface area contributed by atoms with Crippen molar-refractivity contribution in [3.05, 3.63) is 22.7 Å². The third kappa shape index (κ3) is 3.09. The maximum Gasteiger partial charge on any atom is 0.144 e. The highest BCUT2D eigenvalue weighted by Crippen LogP contribution is 2.35. The van der Waals surface area contributed by atoms with Gasteiger partial charge in [0, 0.05) is 11.7 Å². The molecule has 1 aliphatic carbocycles. The first kappa shape index (κ1) is 13.3. The molecule has 2 atom stereocenters. The standard InChI is InChI=1S/C15H22ClN3/c1-11-9-14(16)18-15(17-11)10-19-8-4-6-12-5-2-3-7-13(12)19/h9,12-13H,2-8,10H2,1H3/t12-,13-/m1/s1. The van der Waals surface area contributed by atoms with E-state index in [9.17, 15) is 0 Å². The molecule has 0 bridgehead atoms. The Morgan fingerprint density at radius 1 is 1.21 bits per heavy atom. The fourth-order valence-corrected chi connectivity index (χ4v) is 4.02. The number of hydrogen-bond acceptors (Lipinski definition) is 3. The van der Waals surface area contributed by atoms with E-state index < -0.39 is 0 Å². The van der Waals surface area contributed by atoms with Crippen LogP contribution in [0.1, 0.15) is 50.0 Å². The topological polar surface area (TPSA) is 29.0 Å². The van der Waals surface area contributed by atoms with Gasteiger partial charge in [-0.3, -0.25) is 4.90 Å². The molecule has 0 unspecified atom stereocenters. The van der Waals surface area contributed by atoms with Gasteiger partial charge in [0.25, 0.3) is 0 Å². The predicted octanol–water partition coefficient (Wildman–Crippen LogP) is 3.59. The third-order valence-electron chi connectivity index (χ3n) is 4.57.